The molecule has 3 heterocycles. The van der Waals surface area contributed by atoms with Crippen molar-refractivity contribution in [3.8, 4) is 5.88 Å². The lowest BCUT2D eigenvalue weighted by Gasteiger charge is -2.16. The predicted octanol–water partition coefficient (Wildman–Crippen LogP) is 1.94. The van der Waals surface area contributed by atoms with Gasteiger partial charge < -0.3 is 10.1 Å². The minimum absolute atomic E-state index is 0.380. The Kier molecular flexibility index (Phi) is 4.31. The summed E-state index contributed by atoms with van der Waals surface area (Å²) in [6.07, 6.45) is 2.81. The second-order valence-electron chi connectivity index (χ2n) is 5.15. The van der Waals surface area contributed by atoms with Crippen LogP contribution in [0.4, 0.5) is 5.95 Å². The number of nitrogens with one attached hydrogen (secondary N) is 1. The Morgan fingerprint density at radius 2 is 2.38 bits per heavy atom. The monoisotopic (exact) mass is 305 g/mol. The van der Waals surface area contributed by atoms with Gasteiger partial charge in [-0.2, -0.15) is 4.98 Å². The van der Waals surface area contributed by atoms with Crippen LogP contribution in [0, 0.1) is 6.92 Å². The van der Waals surface area contributed by atoms with Crippen molar-refractivity contribution in [3.63, 3.8) is 0 Å². The number of anilines is 1. The first-order chi connectivity index (χ1) is 10.2. The Labute approximate surface area is 128 Å². The van der Waals surface area contributed by atoms with Crippen LogP contribution in [0.15, 0.2) is 17.8 Å². The number of aromatic nitrogens is 3. The van der Waals surface area contributed by atoms with Crippen LogP contribution in [-0.2, 0) is 6.54 Å². The van der Waals surface area contributed by atoms with Crippen molar-refractivity contribution < 1.29 is 4.74 Å². The van der Waals surface area contributed by atoms with E-state index in [1.165, 1.54) is 4.88 Å². The van der Waals surface area contributed by atoms with Gasteiger partial charge in [-0.15, -0.1) is 11.3 Å². The van der Waals surface area contributed by atoms with Crippen molar-refractivity contribution in [2.45, 2.75) is 25.9 Å². The normalized spacial score (nSPS) is 18.9. The smallest absolute Gasteiger partial charge is 0.226 e. The zero-order chi connectivity index (χ0) is 14.7. The number of hydrogen-bond acceptors (Lipinski definition) is 7. The molecule has 0 bridgehead atoms. The zero-order valence-corrected chi connectivity index (χ0v) is 13.1. The summed E-state index contributed by atoms with van der Waals surface area (Å²) in [6, 6.07) is 2.13. The fourth-order valence-corrected chi connectivity index (χ4v) is 3.30. The first-order valence-electron chi connectivity index (χ1n) is 6.99. The SMILES string of the molecule is COc1ccnc(NC2CCN(Cc3scnc3C)C2)n1. The molecule has 21 heavy (non-hydrogen) atoms. The molecule has 1 N–H and O–H groups in total. The minimum Gasteiger partial charge on any atom is -0.481 e. The molecular formula is C14H19N5OS. The summed E-state index contributed by atoms with van der Waals surface area (Å²) in [5.74, 6) is 1.22. The molecule has 1 saturated heterocycles. The number of rotatable bonds is 5. The van der Waals surface area contributed by atoms with E-state index in [2.05, 4.69) is 32.1 Å². The second-order valence-corrected chi connectivity index (χ2v) is 6.09. The van der Waals surface area contributed by atoms with Crippen LogP contribution >= 0.6 is 11.3 Å². The Bertz CT molecular complexity index is 603. The summed E-state index contributed by atoms with van der Waals surface area (Å²) in [5, 5.41) is 3.38. The molecule has 0 saturated carbocycles. The number of hydrogen-bond donors (Lipinski definition) is 1. The number of thiazole rings is 1. The molecule has 0 aliphatic carbocycles. The van der Waals surface area contributed by atoms with Crippen molar-refractivity contribution in [1.82, 2.24) is 19.9 Å². The van der Waals surface area contributed by atoms with E-state index in [0.717, 1.165) is 31.7 Å². The van der Waals surface area contributed by atoms with Crippen molar-refractivity contribution >= 4 is 17.3 Å². The van der Waals surface area contributed by atoms with Crippen LogP contribution in [0.25, 0.3) is 0 Å². The summed E-state index contributed by atoms with van der Waals surface area (Å²) in [5.41, 5.74) is 3.06. The molecule has 0 aromatic carbocycles. The van der Waals surface area contributed by atoms with Gasteiger partial charge in [-0.1, -0.05) is 0 Å². The van der Waals surface area contributed by atoms with E-state index in [4.69, 9.17) is 4.74 Å². The Morgan fingerprint density at radius 3 is 3.14 bits per heavy atom. The summed E-state index contributed by atoms with van der Waals surface area (Å²) in [6.45, 7) is 5.13. The lowest BCUT2D eigenvalue weighted by Crippen LogP contribution is -2.26. The largest absolute Gasteiger partial charge is 0.481 e. The fourth-order valence-electron chi connectivity index (χ4n) is 2.48. The maximum Gasteiger partial charge on any atom is 0.226 e. The molecule has 0 spiro atoms. The molecular weight excluding hydrogens is 286 g/mol. The Balaban J connectivity index is 1.56. The molecule has 6 nitrogen and oxygen atoms in total. The number of aryl methyl sites for hydroxylation is 1. The summed E-state index contributed by atoms with van der Waals surface area (Å²) >= 11 is 1.73. The summed E-state index contributed by atoms with van der Waals surface area (Å²) in [4.78, 5) is 16.6. The van der Waals surface area contributed by atoms with Gasteiger partial charge in [0.2, 0.25) is 11.8 Å². The molecule has 7 heteroatoms. The average molecular weight is 305 g/mol. The van der Waals surface area contributed by atoms with Crippen molar-refractivity contribution in [3.05, 3.63) is 28.3 Å². The highest BCUT2D eigenvalue weighted by Crippen LogP contribution is 2.20. The van der Waals surface area contributed by atoms with Gasteiger partial charge in [0.25, 0.3) is 0 Å². The molecule has 1 aliphatic rings. The van der Waals surface area contributed by atoms with Crippen molar-refractivity contribution in [2.24, 2.45) is 0 Å². The third-order valence-electron chi connectivity index (χ3n) is 3.66. The van der Waals surface area contributed by atoms with Crippen LogP contribution < -0.4 is 10.1 Å². The highest BCUT2D eigenvalue weighted by molar-refractivity contribution is 7.09. The lowest BCUT2D eigenvalue weighted by atomic mass is 10.3. The molecule has 1 unspecified atom stereocenters. The quantitative estimate of drug-likeness (QED) is 0.911. The van der Waals surface area contributed by atoms with E-state index in [-0.39, 0.29) is 0 Å². The molecule has 1 aliphatic heterocycles. The first kappa shape index (κ1) is 14.2. The van der Waals surface area contributed by atoms with Crippen LogP contribution in [0.1, 0.15) is 17.0 Å². The van der Waals surface area contributed by atoms with Gasteiger partial charge in [-0.25, -0.2) is 9.97 Å². The molecule has 1 fully saturated rings. The number of methoxy groups -OCH3 is 1. The first-order valence-corrected chi connectivity index (χ1v) is 7.87. The minimum atomic E-state index is 0.380. The lowest BCUT2D eigenvalue weighted by molar-refractivity contribution is 0.330. The van der Waals surface area contributed by atoms with Gasteiger partial charge in [0.15, 0.2) is 0 Å². The van der Waals surface area contributed by atoms with Gasteiger partial charge in [0, 0.05) is 42.8 Å². The molecule has 2 aromatic heterocycles. The number of ether oxygens (including phenoxy) is 1. The molecule has 2 aromatic rings. The van der Waals surface area contributed by atoms with E-state index in [9.17, 15) is 0 Å². The van der Waals surface area contributed by atoms with Crippen LogP contribution in [0.3, 0.4) is 0 Å². The second kappa shape index (κ2) is 6.36. The third-order valence-corrected chi connectivity index (χ3v) is 4.58. The molecule has 3 rings (SSSR count). The number of likely N-dealkylation sites (tertiary alicyclic amines) is 1. The third kappa shape index (κ3) is 3.48. The summed E-state index contributed by atoms with van der Waals surface area (Å²) in [7, 11) is 1.61. The standard InChI is InChI=1S/C14H19N5OS/c1-10-12(21-9-16-10)8-19-6-4-11(7-19)17-14-15-5-3-13(18-14)20-2/h3,5,9,11H,4,6-8H2,1-2H3,(H,15,17,18). The van der Waals surface area contributed by atoms with Gasteiger partial charge in [0.1, 0.15) is 0 Å². The van der Waals surface area contributed by atoms with E-state index in [1.54, 1.807) is 30.7 Å². The topological polar surface area (TPSA) is 63.2 Å². The van der Waals surface area contributed by atoms with Gasteiger partial charge >= 0.3 is 0 Å². The molecule has 112 valence electrons. The molecule has 0 amide bonds. The maximum atomic E-state index is 5.12. The van der Waals surface area contributed by atoms with Gasteiger partial charge in [-0.05, 0) is 13.3 Å². The Hall–Kier alpha value is -1.73. The highest BCUT2D eigenvalue weighted by atomic mass is 32.1. The highest BCUT2D eigenvalue weighted by Gasteiger charge is 2.23. The van der Waals surface area contributed by atoms with E-state index in [1.807, 2.05) is 5.51 Å². The maximum absolute atomic E-state index is 5.12. The zero-order valence-electron chi connectivity index (χ0n) is 12.2. The fraction of sp³-hybridized carbons (Fsp3) is 0.500. The van der Waals surface area contributed by atoms with Crippen molar-refractivity contribution in [1.29, 1.82) is 0 Å². The van der Waals surface area contributed by atoms with Crippen molar-refractivity contribution in [2.75, 3.05) is 25.5 Å². The van der Waals surface area contributed by atoms with E-state index in [0.29, 0.717) is 17.9 Å². The van der Waals surface area contributed by atoms with Gasteiger partial charge in [-0.3, -0.25) is 4.90 Å². The predicted molar refractivity (Wildman–Crippen MR) is 82.7 cm³/mol. The average Bonchev–Trinajstić information content (AvgIpc) is 3.10. The van der Waals surface area contributed by atoms with Crippen LogP contribution in [0.5, 0.6) is 5.88 Å². The molecule has 1 atom stereocenters. The Morgan fingerprint density at radius 1 is 1.48 bits per heavy atom. The van der Waals surface area contributed by atoms with Crippen LogP contribution in [-0.4, -0.2) is 46.1 Å². The molecule has 0 radical (unpaired) electrons. The van der Waals surface area contributed by atoms with Crippen LogP contribution in [0.2, 0.25) is 0 Å². The van der Waals surface area contributed by atoms with E-state index >= 15 is 0 Å². The van der Waals surface area contributed by atoms with E-state index < -0.39 is 0 Å². The summed E-state index contributed by atoms with van der Waals surface area (Å²) < 4.78 is 5.12. The number of nitrogens with zero attached hydrogens (tertiary/aromatic N) is 4. The van der Waals surface area contributed by atoms with Gasteiger partial charge in [0.05, 0.1) is 18.3 Å².